The summed E-state index contributed by atoms with van der Waals surface area (Å²) in [6.45, 7) is 2.58. The second kappa shape index (κ2) is 5.07. The molecule has 0 aliphatic heterocycles. The van der Waals surface area contributed by atoms with Gasteiger partial charge in [0, 0.05) is 18.2 Å². The zero-order valence-corrected chi connectivity index (χ0v) is 11.8. The first-order valence-corrected chi connectivity index (χ1v) is 8.17. The highest BCUT2D eigenvalue weighted by Gasteiger charge is 2.06. The summed E-state index contributed by atoms with van der Waals surface area (Å²) < 4.78 is 22.6. The van der Waals surface area contributed by atoms with Crippen LogP contribution >= 0.6 is 11.3 Å². The number of aryl methyl sites for hydroxylation is 1. The Balaban J connectivity index is 2.03. The molecule has 0 saturated carbocycles. The lowest BCUT2D eigenvalue weighted by Crippen LogP contribution is -2.01. The van der Waals surface area contributed by atoms with Gasteiger partial charge in [0.05, 0.1) is 10.6 Å². The van der Waals surface area contributed by atoms with E-state index < -0.39 is 9.84 Å². The summed E-state index contributed by atoms with van der Waals surface area (Å²) in [6, 6.07) is 6.87. The van der Waals surface area contributed by atoms with Gasteiger partial charge in [-0.2, -0.15) is 0 Å². The van der Waals surface area contributed by atoms with E-state index in [2.05, 4.69) is 10.3 Å². The third kappa shape index (κ3) is 3.30. The fourth-order valence-corrected chi connectivity index (χ4v) is 2.78. The number of hydrogen-bond donors (Lipinski definition) is 1. The molecule has 2 aromatic rings. The van der Waals surface area contributed by atoms with Crippen LogP contribution in [0, 0.1) is 6.92 Å². The maximum atomic E-state index is 11.3. The Morgan fingerprint density at radius 2 is 1.94 bits per heavy atom. The van der Waals surface area contributed by atoms with Crippen molar-refractivity contribution in [3.05, 3.63) is 40.9 Å². The monoisotopic (exact) mass is 282 g/mol. The summed E-state index contributed by atoms with van der Waals surface area (Å²) in [4.78, 5) is 4.64. The maximum absolute atomic E-state index is 11.3. The molecule has 0 spiro atoms. The molecule has 4 nitrogen and oxygen atoms in total. The Morgan fingerprint density at radius 1 is 1.28 bits per heavy atom. The largest absolute Gasteiger partial charge is 0.357 e. The molecule has 0 atom stereocenters. The molecule has 6 heteroatoms. The van der Waals surface area contributed by atoms with Crippen LogP contribution in [0.1, 0.15) is 11.3 Å². The number of benzene rings is 1. The molecule has 96 valence electrons. The summed E-state index contributed by atoms with van der Waals surface area (Å²) in [5, 5.41) is 6.05. The van der Waals surface area contributed by atoms with Gasteiger partial charge in [0.2, 0.25) is 0 Å². The van der Waals surface area contributed by atoms with E-state index in [0.717, 1.165) is 16.4 Å². The van der Waals surface area contributed by atoms with E-state index in [-0.39, 0.29) is 0 Å². The first kappa shape index (κ1) is 13.0. The van der Waals surface area contributed by atoms with Gasteiger partial charge in [-0.3, -0.25) is 0 Å². The first-order chi connectivity index (χ1) is 8.45. The van der Waals surface area contributed by atoms with Crippen molar-refractivity contribution in [1.82, 2.24) is 4.98 Å². The SMILES string of the molecule is Cc1csc(NCc2ccc(S(C)(=O)=O)cc2)n1. The highest BCUT2D eigenvalue weighted by Crippen LogP contribution is 2.16. The maximum Gasteiger partial charge on any atom is 0.183 e. The molecular weight excluding hydrogens is 268 g/mol. The summed E-state index contributed by atoms with van der Waals surface area (Å²) in [5.74, 6) is 0. The van der Waals surface area contributed by atoms with Crippen molar-refractivity contribution in [2.75, 3.05) is 11.6 Å². The second-order valence-electron chi connectivity index (χ2n) is 4.06. The van der Waals surface area contributed by atoms with E-state index >= 15 is 0 Å². The average Bonchev–Trinajstić information content (AvgIpc) is 2.72. The van der Waals surface area contributed by atoms with Gasteiger partial charge in [0.15, 0.2) is 15.0 Å². The Labute approximate surface area is 111 Å². The predicted octanol–water partition coefficient (Wildman–Crippen LogP) is 2.47. The Bertz CT molecular complexity index is 630. The van der Waals surface area contributed by atoms with E-state index in [4.69, 9.17) is 0 Å². The molecule has 0 bridgehead atoms. The highest BCUT2D eigenvalue weighted by molar-refractivity contribution is 7.90. The summed E-state index contributed by atoms with van der Waals surface area (Å²) in [5.41, 5.74) is 2.02. The number of nitrogens with zero attached hydrogens (tertiary/aromatic N) is 1. The molecule has 1 N–H and O–H groups in total. The van der Waals surface area contributed by atoms with Gasteiger partial charge in [-0.15, -0.1) is 11.3 Å². The zero-order chi connectivity index (χ0) is 13.2. The Kier molecular flexibility index (Phi) is 3.68. The summed E-state index contributed by atoms with van der Waals surface area (Å²) >= 11 is 1.56. The minimum absolute atomic E-state index is 0.344. The minimum atomic E-state index is -3.11. The minimum Gasteiger partial charge on any atom is -0.357 e. The number of rotatable bonds is 4. The molecule has 0 aliphatic rings. The van der Waals surface area contributed by atoms with Gasteiger partial charge in [-0.1, -0.05) is 12.1 Å². The number of sulfone groups is 1. The van der Waals surface area contributed by atoms with Crippen LogP contribution in [-0.4, -0.2) is 19.7 Å². The van der Waals surface area contributed by atoms with Crippen molar-refractivity contribution < 1.29 is 8.42 Å². The van der Waals surface area contributed by atoms with E-state index in [9.17, 15) is 8.42 Å². The van der Waals surface area contributed by atoms with Crippen molar-refractivity contribution in [2.45, 2.75) is 18.4 Å². The zero-order valence-electron chi connectivity index (χ0n) is 10.2. The van der Waals surface area contributed by atoms with Crippen molar-refractivity contribution in [3.8, 4) is 0 Å². The van der Waals surface area contributed by atoms with Crippen LogP contribution in [0.15, 0.2) is 34.5 Å². The fraction of sp³-hybridized carbons (Fsp3) is 0.250. The van der Waals surface area contributed by atoms with Crippen LogP contribution < -0.4 is 5.32 Å². The van der Waals surface area contributed by atoms with Gasteiger partial charge in [-0.05, 0) is 24.6 Å². The van der Waals surface area contributed by atoms with E-state index in [1.165, 1.54) is 6.26 Å². The quantitative estimate of drug-likeness (QED) is 0.936. The van der Waals surface area contributed by atoms with E-state index in [1.807, 2.05) is 24.4 Å². The molecule has 0 radical (unpaired) electrons. The molecule has 0 fully saturated rings. The lowest BCUT2D eigenvalue weighted by molar-refractivity contribution is 0.602. The van der Waals surface area contributed by atoms with Gasteiger partial charge in [-0.25, -0.2) is 13.4 Å². The predicted molar refractivity (Wildman–Crippen MR) is 73.7 cm³/mol. The Morgan fingerprint density at radius 3 is 2.44 bits per heavy atom. The lowest BCUT2D eigenvalue weighted by atomic mass is 10.2. The molecule has 0 amide bonds. The van der Waals surface area contributed by atoms with Crippen LogP contribution in [0.4, 0.5) is 5.13 Å². The third-order valence-corrected chi connectivity index (χ3v) is 4.46. The van der Waals surface area contributed by atoms with Crippen LogP contribution in [0.5, 0.6) is 0 Å². The Hall–Kier alpha value is -1.40. The summed E-state index contributed by atoms with van der Waals surface area (Å²) in [7, 11) is -3.11. The molecule has 1 aromatic heterocycles. The summed E-state index contributed by atoms with van der Waals surface area (Å²) in [6.07, 6.45) is 1.21. The second-order valence-corrected chi connectivity index (χ2v) is 6.94. The molecule has 18 heavy (non-hydrogen) atoms. The van der Waals surface area contributed by atoms with Crippen molar-refractivity contribution >= 4 is 26.3 Å². The third-order valence-electron chi connectivity index (χ3n) is 2.41. The number of hydrogen-bond acceptors (Lipinski definition) is 5. The van der Waals surface area contributed by atoms with Crippen LogP contribution in [0.3, 0.4) is 0 Å². The number of nitrogens with one attached hydrogen (secondary N) is 1. The van der Waals surface area contributed by atoms with E-state index in [1.54, 1.807) is 23.5 Å². The average molecular weight is 282 g/mol. The standard InChI is InChI=1S/C12H14N2O2S2/c1-9-8-17-12(14-9)13-7-10-3-5-11(6-4-10)18(2,15)16/h3-6,8H,7H2,1-2H3,(H,13,14). The molecule has 1 aromatic carbocycles. The van der Waals surface area contributed by atoms with Crippen LogP contribution in [0.25, 0.3) is 0 Å². The van der Waals surface area contributed by atoms with Crippen LogP contribution in [-0.2, 0) is 16.4 Å². The van der Waals surface area contributed by atoms with Gasteiger partial charge in [0.1, 0.15) is 0 Å². The lowest BCUT2D eigenvalue weighted by Gasteiger charge is -2.04. The molecule has 2 rings (SSSR count). The molecule has 0 unspecified atom stereocenters. The normalized spacial score (nSPS) is 11.4. The van der Waals surface area contributed by atoms with Crippen molar-refractivity contribution in [1.29, 1.82) is 0 Å². The molecular formula is C12H14N2O2S2. The van der Waals surface area contributed by atoms with Gasteiger partial charge in [0.25, 0.3) is 0 Å². The topological polar surface area (TPSA) is 59.1 Å². The number of thiazole rings is 1. The number of aromatic nitrogens is 1. The van der Waals surface area contributed by atoms with Gasteiger partial charge < -0.3 is 5.32 Å². The molecule has 0 saturated heterocycles. The van der Waals surface area contributed by atoms with Gasteiger partial charge >= 0.3 is 0 Å². The fourth-order valence-electron chi connectivity index (χ4n) is 1.47. The highest BCUT2D eigenvalue weighted by atomic mass is 32.2. The van der Waals surface area contributed by atoms with Crippen LogP contribution in [0.2, 0.25) is 0 Å². The molecule has 0 aliphatic carbocycles. The number of anilines is 1. The van der Waals surface area contributed by atoms with E-state index in [0.29, 0.717) is 11.4 Å². The van der Waals surface area contributed by atoms with Crippen molar-refractivity contribution in [3.63, 3.8) is 0 Å². The smallest absolute Gasteiger partial charge is 0.183 e. The molecule has 1 heterocycles. The first-order valence-electron chi connectivity index (χ1n) is 5.40. The van der Waals surface area contributed by atoms with Crippen molar-refractivity contribution in [2.24, 2.45) is 0 Å².